The highest BCUT2D eigenvalue weighted by molar-refractivity contribution is 14.0. The third kappa shape index (κ3) is 4.28. The van der Waals surface area contributed by atoms with Crippen molar-refractivity contribution in [3.63, 3.8) is 0 Å². The number of rotatable bonds is 5. The summed E-state index contributed by atoms with van der Waals surface area (Å²) in [5.41, 5.74) is 5.65. The van der Waals surface area contributed by atoms with Gasteiger partial charge in [0.1, 0.15) is 0 Å². The van der Waals surface area contributed by atoms with Gasteiger partial charge in [-0.1, -0.05) is 12.8 Å². The number of aliphatic imine (C=N–C) groups is 1. The molecule has 0 radical (unpaired) electrons. The lowest BCUT2D eigenvalue weighted by atomic mass is 9.54. The van der Waals surface area contributed by atoms with Crippen molar-refractivity contribution >= 4 is 35.8 Å². The van der Waals surface area contributed by atoms with E-state index >= 15 is 0 Å². The molecule has 1 amide bonds. The molecule has 0 aromatic rings. The molecule has 160 valence electrons. The molecule has 28 heavy (non-hydrogen) atoms. The van der Waals surface area contributed by atoms with Crippen LogP contribution in [0.15, 0.2) is 4.99 Å². The first-order valence-electron chi connectivity index (χ1n) is 10.8. The molecule has 0 bridgehead atoms. The fraction of sp³-hybridized carbons (Fsp3) is 0.900. The number of halogens is 1. The van der Waals surface area contributed by atoms with E-state index in [0.717, 1.165) is 45.0 Å². The Labute approximate surface area is 185 Å². The molecule has 1 spiro atoms. The number of hydrogen-bond donors (Lipinski definition) is 3. The number of likely N-dealkylation sites (tertiary alicyclic amines) is 1. The SMILES string of the molecule is CCN=C(NC1CCN(CC(N)=O)CC1)NC1C2CCOC2C12CCCC2.I. The van der Waals surface area contributed by atoms with E-state index in [0.29, 0.717) is 36.1 Å². The maximum absolute atomic E-state index is 11.1. The second-order valence-corrected chi connectivity index (χ2v) is 8.79. The van der Waals surface area contributed by atoms with Crippen LogP contribution < -0.4 is 16.4 Å². The topological polar surface area (TPSA) is 92.0 Å². The van der Waals surface area contributed by atoms with Crippen LogP contribution >= 0.6 is 24.0 Å². The molecule has 4 fully saturated rings. The molecule has 2 saturated heterocycles. The number of hydrogen-bond acceptors (Lipinski definition) is 4. The first-order valence-corrected chi connectivity index (χ1v) is 10.8. The van der Waals surface area contributed by atoms with Crippen molar-refractivity contribution in [3.05, 3.63) is 0 Å². The summed E-state index contributed by atoms with van der Waals surface area (Å²) in [5, 5.41) is 7.49. The van der Waals surface area contributed by atoms with Gasteiger partial charge in [0, 0.05) is 49.7 Å². The maximum atomic E-state index is 11.1. The number of piperidine rings is 1. The molecule has 4 rings (SSSR count). The summed E-state index contributed by atoms with van der Waals surface area (Å²) >= 11 is 0. The number of carbonyl (C=O) groups excluding carboxylic acids is 1. The zero-order valence-electron chi connectivity index (χ0n) is 17.0. The largest absolute Gasteiger partial charge is 0.377 e. The Morgan fingerprint density at radius 2 is 1.93 bits per heavy atom. The minimum atomic E-state index is -0.239. The fourth-order valence-electron chi connectivity index (χ4n) is 5.99. The van der Waals surface area contributed by atoms with Gasteiger partial charge < -0.3 is 21.1 Å². The molecule has 4 aliphatic rings. The molecule has 7 nitrogen and oxygen atoms in total. The summed E-state index contributed by atoms with van der Waals surface area (Å²) in [4.78, 5) is 18.0. The number of carbonyl (C=O) groups is 1. The number of nitrogens with one attached hydrogen (secondary N) is 2. The number of guanidine groups is 1. The van der Waals surface area contributed by atoms with Crippen molar-refractivity contribution in [2.45, 2.75) is 70.1 Å². The van der Waals surface area contributed by atoms with Crippen molar-refractivity contribution in [3.8, 4) is 0 Å². The number of primary amides is 1. The Morgan fingerprint density at radius 1 is 1.21 bits per heavy atom. The molecule has 8 heteroatoms. The van der Waals surface area contributed by atoms with E-state index in [2.05, 4.69) is 22.5 Å². The van der Waals surface area contributed by atoms with E-state index in [1.54, 1.807) is 0 Å². The standard InChI is InChI=1S/C20H35N5O2.HI/c1-2-22-19(23-14-5-10-25(11-6-14)13-16(21)26)24-17-15-7-12-27-18(15)20(17)8-3-4-9-20;/h14-15,17-18H,2-13H2,1H3,(H2,21,26)(H2,22,23,24);1H. The van der Waals surface area contributed by atoms with Crippen molar-refractivity contribution in [1.82, 2.24) is 15.5 Å². The van der Waals surface area contributed by atoms with Crippen molar-refractivity contribution in [1.29, 1.82) is 0 Å². The van der Waals surface area contributed by atoms with E-state index < -0.39 is 0 Å². The van der Waals surface area contributed by atoms with Crippen LogP contribution in [0, 0.1) is 11.3 Å². The molecule has 0 aromatic carbocycles. The molecule has 4 N–H and O–H groups in total. The first kappa shape index (κ1) is 22.1. The molecule has 0 aromatic heterocycles. The molecule has 3 atom stereocenters. The monoisotopic (exact) mass is 505 g/mol. The number of nitrogens with zero attached hydrogens (tertiary/aromatic N) is 2. The quantitative estimate of drug-likeness (QED) is 0.299. The highest BCUT2D eigenvalue weighted by atomic mass is 127. The van der Waals surface area contributed by atoms with Crippen LogP contribution in [0.4, 0.5) is 0 Å². The fourth-order valence-corrected chi connectivity index (χ4v) is 5.99. The highest BCUT2D eigenvalue weighted by Crippen LogP contribution is 2.60. The number of nitrogens with two attached hydrogens (primary N) is 1. The van der Waals surface area contributed by atoms with Crippen LogP contribution in [0.1, 0.15) is 51.9 Å². The van der Waals surface area contributed by atoms with E-state index in [9.17, 15) is 4.79 Å². The molecule has 3 unspecified atom stereocenters. The molecular formula is C20H36IN5O2. The van der Waals surface area contributed by atoms with Crippen LogP contribution in [-0.2, 0) is 9.53 Å². The normalized spacial score (nSPS) is 32.5. The van der Waals surface area contributed by atoms with Gasteiger partial charge in [0.15, 0.2) is 5.96 Å². The summed E-state index contributed by atoms with van der Waals surface area (Å²) in [6.07, 6.45) is 8.92. The van der Waals surface area contributed by atoms with E-state index in [4.69, 9.17) is 15.5 Å². The predicted octanol–water partition coefficient (Wildman–Crippen LogP) is 1.46. The first-order chi connectivity index (χ1) is 13.1. The molecule has 2 aliphatic carbocycles. The van der Waals surface area contributed by atoms with E-state index in [-0.39, 0.29) is 29.9 Å². The minimum absolute atomic E-state index is 0. The van der Waals surface area contributed by atoms with Gasteiger partial charge in [-0.05, 0) is 39.0 Å². The van der Waals surface area contributed by atoms with Crippen LogP contribution in [0.3, 0.4) is 0 Å². The average molecular weight is 505 g/mol. The highest BCUT2D eigenvalue weighted by Gasteiger charge is 2.65. The van der Waals surface area contributed by atoms with Crippen LogP contribution in [0.5, 0.6) is 0 Å². The Morgan fingerprint density at radius 3 is 2.57 bits per heavy atom. The van der Waals surface area contributed by atoms with Crippen LogP contribution in [0.2, 0.25) is 0 Å². The van der Waals surface area contributed by atoms with Gasteiger partial charge in [-0.15, -0.1) is 24.0 Å². The average Bonchev–Trinajstić information content (AvgIpc) is 3.30. The van der Waals surface area contributed by atoms with Gasteiger partial charge >= 0.3 is 0 Å². The third-order valence-electron chi connectivity index (χ3n) is 7.20. The van der Waals surface area contributed by atoms with Gasteiger partial charge in [0.05, 0.1) is 12.6 Å². The lowest BCUT2D eigenvalue weighted by Crippen LogP contribution is -2.69. The number of amides is 1. The Bertz CT molecular complexity index is 573. The summed E-state index contributed by atoms with van der Waals surface area (Å²) in [6.45, 7) is 5.97. The zero-order chi connectivity index (χ0) is 18.9. The Balaban J connectivity index is 0.00000225. The number of fused-ring (bicyclic) bond motifs is 2. The maximum Gasteiger partial charge on any atom is 0.231 e. The smallest absolute Gasteiger partial charge is 0.231 e. The minimum Gasteiger partial charge on any atom is -0.377 e. The van der Waals surface area contributed by atoms with Crippen LogP contribution in [0.25, 0.3) is 0 Å². The molecule has 2 saturated carbocycles. The molecular weight excluding hydrogens is 469 g/mol. The predicted molar refractivity (Wildman–Crippen MR) is 121 cm³/mol. The van der Waals surface area contributed by atoms with Crippen molar-refractivity contribution in [2.24, 2.45) is 22.1 Å². The van der Waals surface area contributed by atoms with Gasteiger partial charge in [-0.2, -0.15) is 0 Å². The lowest BCUT2D eigenvalue weighted by molar-refractivity contribution is -0.125. The van der Waals surface area contributed by atoms with Gasteiger partial charge in [-0.25, -0.2) is 0 Å². The van der Waals surface area contributed by atoms with Gasteiger partial charge in [0.25, 0.3) is 0 Å². The summed E-state index contributed by atoms with van der Waals surface area (Å²) < 4.78 is 6.11. The second-order valence-electron chi connectivity index (χ2n) is 8.79. The lowest BCUT2D eigenvalue weighted by Gasteiger charge is -2.57. The van der Waals surface area contributed by atoms with E-state index in [1.807, 2.05) is 0 Å². The van der Waals surface area contributed by atoms with E-state index in [1.165, 1.54) is 32.1 Å². The van der Waals surface area contributed by atoms with Crippen LogP contribution in [-0.4, -0.2) is 67.7 Å². The number of ether oxygens (including phenoxy) is 1. The third-order valence-corrected chi connectivity index (χ3v) is 7.20. The second kappa shape index (κ2) is 9.47. The summed E-state index contributed by atoms with van der Waals surface area (Å²) in [5.74, 6) is 1.37. The van der Waals surface area contributed by atoms with Crippen molar-refractivity contribution < 1.29 is 9.53 Å². The Kier molecular flexibility index (Phi) is 7.47. The summed E-state index contributed by atoms with van der Waals surface area (Å²) in [7, 11) is 0. The van der Waals surface area contributed by atoms with Gasteiger partial charge in [-0.3, -0.25) is 14.7 Å². The molecule has 2 aliphatic heterocycles. The molecule has 2 heterocycles. The Hall–Kier alpha value is -0.610. The van der Waals surface area contributed by atoms with Crippen molar-refractivity contribution in [2.75, 3.05) is 32.8 Å². The van der Waals surface area contributed by atoms with Gasteiger partial charge in [0.2, 0.25) is 5.91 Å². The summed E-state index contributed by atoms with van der Waals surface area (Å²) in [6, 6.07) is 0.905. The zero-order valence-corrected chi connectivity index (χ0v) is 19.3.